The van der Waals surface area contributed by atoms with Gasteiger partial charge in [0.15, 0.2) is 23.3 Å². The fourth-order valence-electron chi connectivity index (χ4n) is 10.0. The van der Waals surface area contributed by atoms with Gasteiger partial charge in [0, 0.05) is 54.1 Å². The summed E-state index contributed by atoms with van der Waals surface area (Å²) in [5.41, 5.74) is 14.7. The standard InChI is InChI=1S/C58H38N6S/c1-58(2)43-27-15-12-24-39(43)49-44(58)31-33-47-50(49)40-25-13-16-28-45(40)64(47)46-32-30-38(56-59-51(35-18-6-3-7-19-35)53-52(60-56)41-26-14-17-29-48(41)65-53)34-42(46)57-62-54(36-20-8-4-9-21-36)61-55(63-57)37-22-10-5-11-23-37/h3-34H,1-2H3. The topological polar surface area (TPSA) is 69.4 Å². The van der Waals surface area contributed by atoms with Gasteiger partial charge in [-0.2, -0.15) is 0 Å². The molecule has 13 rings (SSSR count). The van der Waals surface area contributed by atoms with Gasteiger partial charge in [-0.1, -0.05) is 172 Å². The van der Waals surface area contributed by atoms with Crippen molar-refractivity contribution < 1.29 is 0 Å². The van der Waals surface area contributed by atoms with Crippen molar-refractivity contribution in [2.24, 2.45) is 0 Å². The molecule has 0 spiro atoms. The second-order valence-corrected chi connectivity index (χ2v) is 18.3. The van der Waals surface area contributed by atoms with Gasteiger partial charge in [-0.05, 0) is 58.7 Å². The Morgan fingerprint density at radius 1 is 0.431 bits per heavy atom. The molecule has 0 amide bonds. The fraction of sp³-hybridized carbons (Fsp3) is 0.0517. The van der Waals surface area contributed by atoms with Crippen LogP contribution in [0, 0.1) is 0 Å². The van der Waals surface area contributed by atoms with E-state index in [1.807, 2.05) is 42.5 Å². The molecule has 0 aliphatic heterocycles. The molecule has 1 aliphatic carbocycles. The van der Waals surface area contributed by atoms with Crippen LogP contribution < -0.4 is 0 Å². The summed E-state index contributed by atoms with van der Waals surface area (Å²) < 4.78 is 4.65. The third-order valence-electron chi connectivity index (χ3n) is 13.1. The predicted molar refractivity (Wildman–Crippen MR) is 267 cm³/mol. The van der Waals surface area contributed by atoms with E-state index in [1.165, 1.54) is 37.7 Å². The fourth-order valence-corrected chi connectivity index (χ4v) is 11.2. The summed E-state index contributed by atoms with van der Waals surface area (Å²) in [4.78, 5) is 26.6. The number of nitrogens with zero attached hydrogens (tertiary/aromatic N) is 6. The van der Waals surface area contributed by atoms with Gasteiger partial charge in [0.2, 0.25) is 0 Å². The van der Waals surface area contributed by atoms with Gasteiger partial charge in [-0.3, -0.25) is 0 Å². The molecule has 0 saturated heterocycles. The van der Waals surface area contributed by atoms with Crippen LogP contribution in [-0.4, -0.2) is 29.5 Å². The minimum atomic E-state index is -0.143. The van der Waals surface area contributed by atoms with Crippen molar-refractivity contribution in [3.63, 3.8) is 0 Å². The molecule has 0 bridgehead atoms. The molecule has 0 fully saturated rings. The monoisotopic (exact) mass is 850 g/mol. The summed E-state index contributed by atoms with van der Waals surface area (Å²) >= 11 is 1.74. The van der Waals surface area contributed by atoms with E-state index >= 15 is 0 Å². The van der Waals surface area contributed by atoms with Crippen LogP contribution in [0.4, 0.5) is 0 Å². The molecule has 0 atom stereocenters. The van der Waals surface area contributed by atoms with E-state index in [1.54, 1.807) is 11.3 Å². The molecule has 0 saturated carbocycles. The first kappa shape index (κ1) is 37.4. The second-order valence-electron chi connectivity index (χ2n) is 17.2. The van der Waals surface area contributed by atoms with Gasteiger partial charge in [-0.15, -0.1) is 11.3 Å². The molecule has 1 aliphatic rings. The number of fused-ring (bicyclic) bond motifs is 10. The third kappa shape index (κ3) is 5.82. The Morgan fingerprint density at radius 2 is 1.03 bits per heavy atom. The summed E-state index contributed by atoms with van der Waals surface area (Å²) in [7, 11) is 0. The lowest BCUT2D eigenvalue weighted by Crippen LogP contribution is -2.14. The van der Waals surface area contributed by atoms with E-state index in [2.05, 4.69) is 170 Å². The van der Waals surface area contributed by atoms with Crippen LogP contribution in [-0.2, 0) is 5.41 Å². The average molecular weight is 851 g/mol. The maximum atomic E-state index is 5.41. The predicted octanol–water partition coefficient (Wildman–Crippen LogP) is 14.8. The van der Waals surface area contributed by atoms with E-state index in [0.29, 0.717) is 23.3 Å². The third-order valence-corrected chi connectivity index (χ3v) is 14.3. The van der Waals surface area contributed by atoms with Crippen molar-refractivity contribution >= 4 is 53.4 Å². The van der Waals surface area contributed by atoms with E-state index in [4.69, 9.17) is 24.9 Å². The van der Waals surface area contributed by atoms with Gasteiger partial charge in [0.25, 0.3) is 0 Å². The number of aromatic nitrogens is 6. The van der Waals surface area contributed by atoms with Crippen LogP contribution in [0.2, 0.25) is 0 Å². The van der Waals surface area contributed by atoms with Crippen LogP contribution in [0.1, 0.15) is 25.0 Å². The Balaban J connectivity index is 1.13. The SMILES string of the molecule is CC1(C)c2ccccc2-c2c1ccc1c2c2ccccc2n1-c1ccc(-c2nc(-c3ccccc3)c3sc4ccccc4c3n2)cc1-c1nc(-c2ccccc2)nc(-c2ccccc2)n1. The molecule has 306 valence electrons. The Bertz CT molecular complexity index is 3800. The molecule has 0 radical (unpaired) electrons. The first-order valence-electron chi connectivity index (χ1n) is 21.9. The number of rotatable bonds is 6. The molecular weight excluding hydrogens is 813 g/mol. The highest BCUT2D eigenvalue weighted by atomic mass is 32.1. The van der Waals surface area contributed by atoms with E-state index in [0.717, 1.165) is 65.8 Å². The average Bonchev–Trinajstić information content (AvgIpc) is 3.99. The van der Waals surface area contributed by atoms with Crippen molar-refractivity contribution in [1.82, 2.24) is 29.5 Å². The highest BCUT2D eigenvalue weighted by Gasteiger charge is 2.37. The molecule has 8 aromatic carbocycles. The maximum Gasteiger partial charge on any atom is 0.166 e. The van der Waals surface area contributed by atoms with Gasteiger partial charge >= 0.3 is 0 Å². The highest BCUT2D eigenvalue weighted by Crippen LogP contribution is 2.53. The van der Waals surface area contributed by atoms with Gasteiger partial charge in [-0.25, -0.2) is 24.9 Å². The van der Waals surface area contributed by atoms with Gasteiger partial charge in [0.05, 0.1) is 32.6 Å². The lowest BCUT2D eigenvalue weighted by Gasteiger charge is -2.21. The van der Waals surface area contributed by atoms with Crippen molar-refractivity contribution in [2.75, 3.05) is 0 Å². The summed E-state index contributed by atoms with van der Waals surface area (Å²) in [6, 6.07) is 68.1. The minimum absolute atomic E-state index is 0.143. The lowest BCUT2D eigenvalue weighted by molar-refractivity contribution is 0.661. The smallest absolute Gasteiger partial charge is 0.166 e. The largest absolute Gasteiger partial charge is 0.308 e. The van der Waals surface area contributed by atoms with Crippen LogP contribution in [0.3, 0.4) is 0 Å². The lowest BCUT2D eigenvalue weighted by atomic mass is 9.82. The van der Waals surface area contributed by atoms with Crippen LogP contribution in [0.5, 0.6) is 0 Å². The van der Waals surface area contributed by atoms with Gasteiger partial charge < -0.3 is 4.57 Å². The summed E-state index contributed by atoms with van der Waals surface area (Å²) in [5.74, 6) is 2.38. The van der Waals surface area contributed by atoms with E-state index in [9.17, 15) is 0 Å². The number of hydrogen-bond acceptors (Lipinski definition) is 6. The quantitative estimate of drug-likeness (QED) is 0.167. The Labute approximate surface area is 379 Å². The van der Waals surface area contributed by atoms with E-state index < -0.39 is 0 Å². The van der Waals surface area contributed by atoms with Crippen molar-refractivity contribution in [3.05, 3.63) is 205 Å². The first-order valence-corrected chi connectivity index (χ1v) is 22.7. The van der Waals surface area contributed by atoms with Crippen LogP contribution in [0.25, 0.3) is 116 Å². The molecule has 7 heteroatoms. The number of hydrogen-bond donors (Lipinski definition) is 0. The Kier molecular flexibility index (Phi) is 8.32. The molecule has 4 heterocycles. The summed E-state index contributed by atoms with van der Waals surface area (Å²) in [5, 5.41) is 3.55. The highest BCUT2D eigenvalue weighted by molar-refractivity contribution is 7.26. The molecule has 0 unspecified atom stereocenters. The normalized spacial score (nSPS) is 12.9. The molecule has 0 N–H and O–H groups in total. The zero-order chi connectivity index (χ0) is 43.2. The zero-order valence-corrected chi connectivity index (χ0v) is 36.4. The van der Waals surface area contributed by atoms with Crippen LogP contribution >= 0.6 is 11.3 Å². The number of benzene rings is 8. The molecule has 4 aromatic heterocycles. The maximum absolute atomic E-state index is 5.41. The summed E-state index contributed by atoms with van der Waals surface area (Å²) in [6.45, 7) is 4.69. The van der Waals surface area contributed by atoms with Crippen molar-refractivity contribution in [2.45, 2.75) is 19.3 Å². The first-order chi connectivity index (χ1) is 32.0. The van der Waals surface area contributed by atoms with Crippen LogP contribution in [0.15, 0.2) is 194 Å². The molecule has 6 nitrogen and oxygen atoms in total. The Morgan fingerprint density at radius 3 is 1.77 bits per heavy atom. The molecular formula is C58H38N6S. The number of para-hydroxylation sites is 1. The molecule has 12 aromatic rings. The Hall–Kier alpha value is -8.13. The zero-order valence-electron chi connectivity index (χ0n) is 35.6. The summed E-state index contributed by atoms with van der Waals surface area (Å²) in [6.07, 6.45) is 0. The number of thiophene rings is 1. The minimum Gasteiger partial charge on any atom is -0.308 e. The van der Waals surface area contributed by atoms with E-state index in [-0.39, 0.29) is 5.41 Å². The second kappa shape index (κ2) is 14.5. The van der Waals surface area contributed by atoms with Crippen molar-refractivity contribution in [1.29, 1.82) is 0 Å². The van der Waals surface area contributed by atoms with Gasteiger partial charge in [0.1, 0.15) is 0 Å². The molecule has 65 heavy (non-hydrogen) atoms. The van der Waals surface area contributed by atoms with Crippen molar-refractivity contribution in [3.8, 4) is 73.6 Å².